The molecule has 1 aromatic heterocycles. The molecule has 0 aromatic carbocycles. The highest BCUT2D eigenvalue weighted by Crippen LogP contribution is 2.18. The molecule has 1 aromatic rings. The molecule has 1 unspecified atom stereocenters. The minimum Gasteiger partial charge on any atom is -0.390 e. The second-order valence-corrected chi connectivity index (χ2v) is 4.89. The molecule has 1 aliphatic carbocycles. The van der Waals surface area contributed by atoms with E-state index in [0.717, 1.165) is 0 Å². The number of aliphatic hydroxyl groups is 1. The first kappa shape index (κ1) is 11.8. The van der Waals surface area contributed by atoms with Gasteiger partial charge in [-0.2, -0.15) is 0 Å². The Labute approximate surface area is 102 Å². The van der Waals surface area contributed by atoms with E-state index in [-0.39, 0.29) is 12.1 Å². The van der Waals surface area contributed by atoms with Gasteiger partial charge in [0.15, 0.2) is 0 Å². The Morgan fingerprint density at radius 3 is 3.12 bits per heavy atom. The summed E-state index contributed by atoms with van der Waals surface area (Å²) in [5.41, 5.74) is -0.166. The second-order valence-electron chi connectivity index (χ2n) is 4.04. The second kappa shape index (κ2) is 5.07. The van der Waals surface area contributed by atoms with Gasteiger partial charge in [-0.15, -0.1) is 0 Å². The number of hydrogen-bond donors (Lipinski definition) is 2. The normalized spacial score (nSPS) is 17.4. The molecule has 1 saturated carbocycles. The molecule has 0 spiro atoms. The van der Waals surface area contributed by atoms with Crippen molar-refractivity contribution in [3.63, 3.8) is 0 Å². The summed E-state index contributed by atoms with van der Waals surface area (Å²) in [5, 5.41) is 12.9. The summed E-state index contributed by atoms with van der Waals surface area (Å²) in [5.74, 6) is 0. The van der Waals surface area contributed by atoms with E-state index in [0.29, 0.717) is 17.1 Å². The molecular formula is C10H14BrN3O2. The fourth-order valence-corrected chi connectivity index (χ4v) is 1.78. The Balaban J connectivity index is 1.91. The molecule has 88 valence electrons. The zero-order valence-electron chi connectivity index (χ0n) is 8.77. The van der Waals surface area contributed by atoms with Gasteiger partial charge in [0.1, 0.15) is 4.47 Å². The standard InChI is InChI=1S/C10H14BrN3O2/c11-9-4-12-6-14(10(9)16)5-8(15)3-13-7-1-2-7/h4,6-8,13,15H,1-3,5H2. The third-order valence-corrected chi connectivity index (χ3v) is 3.03. The Bertz CT molecular complexity index is 417. The molecule has 0 saturated heterocycles. The first-order chi connectivity index (χ1) is 7.66. The maximum Gasteiger partial charge on any atom is 0.267 e. The molecule has 0 bridgehead atoms. The molecule has 6 heteroatoms. The van der Waals surface area contributed by atoms with Gasteiger partial charge in [0.2, 0.25) is 0 Å². The van der Waals surface area contributed by atoms with Crippen molar-refractivity contribution in [3.8, 4) is 0 Å². The average molecular weight is 288 g/mol. The predicted octanol–water partition coefficient (Wildman–Crippen LogP) is 0.119. The monoisotopic (exact) mass is 287 g/mol. The van der Waals surface area contributed by atoms with Crippen LogP contribution in [0.5, 0.6) is 0 Å². The first-order valence-electron chi connectivity index (χ1n) is 5.28. The highest BCUT2D eigenvalue weighted by Gasteiger charge is 2.21. The molecule has 16 heavy (non-hydrogen) atoms. The van der Waals surface area contributed by atoms with Gasteiger partial charge in [-0.05, 0) is 28.8 Å². The number of nitrogens with zero attached hydrogens (tertiary/aromatic N) is 2. The Morgan fingerprint density at radius 2 is 2.44 bits per heavy atom. The van der Waals surface area contributed by atoms with E-state index in [1.807, 2.05) is 0 Å². The quantitative estimate of drug-likeness (QED) is 0.807. The largest absolute Gasteiger partial charge is 0.390 e. The summed E-state index contributed by atoms with van der Waals surface area (Å²) in [4.78, 5) is 15.5. The lowest BCUT2D eigenvalue weighted by molar-refractivity contribution is 0.149. The summed E-state index contributed by atoms with van der Waals surface area (Å²) in [6, 6.07) is 0.562. The number of aliphatic hydroxyl groups excluding tert-OH is 1. The SMILES string of the molecule is O=c1c(Br)cncn1CC(O)CNC1CC1. The van der Waals surface area contributed by atoms with Crippen LogP contribution in [0.2, 0.25) is 0 Å². The zero-order valence-corrected chi connectivity index (χ0v) is 10.4. The van der Waals surface area contributed by atoms with Crippen LogP contribution in [0, 0.1) is 0 Å². The maximum absolute atomic E-state index is 11.6. The van der Waals surface area contributed by atoms with Crippen LogP contribution < -0.4 is 10.9 Å². The smallest absolute Gasteiger partial charge is 0.267 e. The van der Waals surface area contributed by atoms with Crippen molar-refractivity contribution in [2.45, 2.75) is 31.5 Å². The molecular weight excluding hydrogens is 274 g/mol. The summed E-state index contributed by atoms with van der Waals surface area (Å²) < 4.78 is 1.82. The number of hydrogen-bond acceptors (Lipinski definition) is 4. The minimum atomic E-state index is -0.561. The third-order valence-electron chi connectivity index (χ3n) is 2.49. The fraction of sp³-hybridized carbons (Fsp3) is 0.600. The van der Waals surface area contributed by atoms with Crippen molar-refractivity contribution < 1.29 is 5.11 Å². The van der Waals surface area contributed by atoms with E-state index in [9.17, 15) is 9.90 Å². The zero-order chi connectivity index (χ0) is 11.5. The summed E-state index contributed by atoms with van der Waals surface area (Å²) >= 11 is 3.12. The summed E-state index contributed by atoms with van der Waals surface area (Å²) in [6.45, 7) is 0.786. The molecule has 1 heterocycles. The van der Waals surface area contributed by atoms with Gasteiger partial charge >= 0.3 is 0 Å². The van der Waals surface area contributed by atoms with Crippen LogP contribution in [0.15, 0.2) is 21.8 Å². The van der Waals surface area contributed by atoms with E-state index in [4.69, 9.17) is 0 Å². The van der Waals surface area contributed by atoms with E-state index in [2.05, 4.69) is 26.2 Å². The molecule has 2 N–H and O–H groups in total. The molecule has 1 atom stereocenters. The van der Waals surface area contributed by atoms with Gasteiger partial charge in [-0.25, -0.2) is 4.98 Å². The maximum atomic E-state index is 11.6. The van der Waals surface area contributed by atoms with Crippen molar-refractivity contribution in [3.05, 3.63) is 27.4 Å². The number of aromatic nitrogens is 2. The Hall–Kier alpha value is -0.720. The lowest BCUT2D eigenvalue weighted by Crippen LogP contribution is -2.34. The number of rotatable bonds is 5. The van der Waals surface area contributed by atoms with Crippen LogP contribution in [-0.2, 0) is 6.54 Å². The highest BCUT2D eigenvalue weighted by atomic mass is 79.9. The van der Waals surface area contributed by atoms with Gasteiger partial charge < -0.3 is 10.4 Å². The van der Waals surface area contributed by atoms with Gasteiger partial charge in [-0.3, -0.25) is 9.36 Å². The molecule has 0 amide bonds. The van der Waals surface area contributed by atoms with Crippen LogP contribution >= 0.6 is 15.9 Å². The lowest BCUT2D eigenvalue weighted by Gasteiger charge is -2.12. The number of nitrogens with one attached hydrogen (secondary N) is 1. The van der Waals surface area contributed by atoms with E-state index in [1.54, 1.807) is 0 Å². The first-order valence-corrected chi connectivity index (χ1v) is 6.07. The fourth-order valence-electron chi connectivity index (χ4n) is 1.44. The predicted molar refractivity (Wildman–Crippen MR) is 63.2 cm³/mol. The van der Waals surface area contributed by atoms with Crippen molar-refractivity contribution in [1.29, 1.82) is 0 Å². The third kappa shape index (κ3) is 3.13. The average Bonchev–Trinajstić information content (AvgIpc) is 3.06. The van der Waals surface area contributed by atoms with Crippen molar-refractivity contribution >= 4 is 15.9 Å². The van der Waals surface area contributed by atoms with Gasteiger partial charge in [0, 0.05) is 18.8 Å². The van der Waals surface area contributed by atoms with Gasteiger partial charge in [-0.1, -0.05) is 0 Å². The summed E-state index contributed by atoms with van der Waals surface area (Å²) in [7, 11) is 0. The molecule has 0 radical (unpaired) electrons. The lowest BCUT2D eigenvalue weighted by atomic mass is 10.3. The van der Waals surface area contributed by atoms with Crippen molar-refractivity contribution in [1.82, 2.24) is 14.9 Å². The summed E-state index contributed by atoms with van der Waals surface area (Å²) in [6.07, 6.45) is 4.70. The van der Waals surface area contributed by atoms with Crippen LogP contribution in [-0.4, -0.2) is 33.3 Å². The van der Waals surface area contributed by atoms with Crippen LogP contribution in [0.25, 0.3) is 0 Å². The Morgan fingerprint density at radius 1 is 1.69 bits per heavy atom. The van der Waals surface area contributed by atoms with Gasteiger partial charge in [0.05, 0.1) is 19.0 Å². The highest BCUT2D eigenvalue weighted by molar-refractivity contribution is 9.10. The molecule has 2 rings (SSSR count). The molecule has 5 nitrogen and oxygen atoms in total. The minimum absolute atomic E-state index is 0.166. The topological polar surface area (TPSA) is 67.2 Å². The van der Waals surface area contributed by atoms with Crippen molar-refractivity contribution in [2.24, 2.45) is 0 Å². The molecule has 1 fully saturated rings. The van der Waals surface area contributed by atoms with E-state index >= 15 is 0 Å². The van der Waals surface area contributed by atoms with Crippen LogP contribution in [0.4, 0.5) is 0 Å². The van der Waals surface area contributed by atoms with Crippen LogP contribution in [0.1, 0.15) is 12.8 Å². The van der Waals surface area contributed by atoms with Crippen molar-refractivity contribution in [2.75, 3.05) is 6.54 Å². The Kier molecular flexibility index (Phi) is 3.73. The molecule has 1 aliphatic rings. The van der Waals surface area contributed by atoms with E-state index in [1.165, 1.54) is 29.9 Å². The van der Waals surface area contributed by atoms with Gasteiger partial charge in [0.25, 0.3) is 5.56 Å². The van der Waals surface area contributed by atoms with Crippen LogP contribution in [0.3, 0.4) is 0 Å². The van der Waals surface area contributed by atoms with E-state index < -0.39 is 6.10 Å². The molecule has 0 aliphatic heterocycles. The number of halogens is 1.